The first-order chi connectivity index (χ1) is 33.5. The van der Waals surface area contributed by atoms with Gasteiger partial charge in [-0.3, -0.25) is 43.2 Å². The van der Waals surface area contributed by atoms with E-state index in [-0.39, 0.29) is 38.0 Å². The van der Waals surface area contributed by atoms with Gasteiger partial charge in [-0.15, -0.1) is 0 Å². The summed E-state index contributed by atoms with van der Waals surface area (Å²) >= 11 is 5.98. The van der Waals surface area contributed by atoms with E-state index in [4.69, 9.17) is 23.1 Å². The molecule has 0 radical (unpaired) electrons. The van der Waals surface area contributed by atoms with Crippen molar-refractivity contribution in [2.45, 2.75) is 128 Å². The fourth-order valence-electron chi connectivity index (χ4n) is 7.46. The van der Waals surface area contributed by atoms with Gasteiger partial charge in [-0.1, -0.05) is 69.6 Å². The lowest BCUT2D eigenvalue weighted by atomic mass is 10.0. The number of aromatic nitrogens is 3. The summed E-state index contributed by atoms with van der Waals surface area (Å²) in [6.45, 7) is 9.73. The Morgan fingerprint density at radius 1 is 0.648 bits per heavy atom. The molecule has 2 aromatic carbocycles. The van der Waals surface area contributed by atoms with Crippen molar-refractivity contribution in [1.29, 1.82) is 0 Å². The standard InChI is InChI=1S/C48H65ClN12O10/c1-24(2)17-36(41(51)64)58-47(70)38(20-31-22-52-23-54-31)59-42(65)26(5)56-48(71)40(25(3)4)61-43(66)27(6)55-46(69)37(19-29-21-53-34-10-8-7-9-32(29)34)60-45(68)35(15-16-39(62)63)57-44(67)33(50)18-28-11-13-30(49)14-12-28/h7-14,21-27,33,35-38,40,53H,15-20,50H2,1-6H3,(H2,51,64)(H,52,54)(H,55,69)(H,56,71)(H,57,67)(H,58,70)(H,59,65)(H,60,68)(H,61,66)(H,62,63)/t26-,27+,33-,35+,36+,37+,38+,40+/m1/s1. The lowest BCUT2D eigenvalue weighted by Gasteiger charge is -2.27. The van der Waals surface area contributed by atoms with Crippen molar-refractivity contribution < 1.29 is 48.3 Å². The van der Waals surface area contributed by atoms with Gasteiger partial charge >= 0.3 is 5.97 Å². The molecule has 4 aromatic rings. The Kier molecular flexibility index (Phi) is 21.1. The number of imidazole rings is 1. The number of nitrogens with zero attached hydrogens (tertiary/aromatic N) is 1. The number of aromatic amines is 2. The minimum absolute atomic E-state index is 0.00880. The monoisotopic (exact) mass is 1000 g/mol. The number of carboxylic acid groups (broad SMARTS) is 1. The van der Waals surface area contributed by atoms with Crippen LogP contribution in [0.3, 0.4) is 0 Å². The van der Waals surface area contributed by atoms with E-state index in [0.717, 1.165) is 10.9 Å². The lowest BCUT2D eigenvalue weighted by molar-refractivity contribution is -0.138. The van der Waals surface area contributed by atoms with Crippen LogP contribution in [0.4, 0.5) is 0 Å². The molecule has 2 heterocycles. The Labute approximate surface area is 415 Å². The number of nitrogens with one attached hydrogen (secondary N) is 9. The van der Waals surface area contributed by atoms with E-state index < -0.39 is 114 Å². The van der Waals surface area contributed by atoms with E-state index in [2.05, 4.69) is 52.2 Å². The molecule has 0 fully saturated rings. The molecular weight excluding hydrogens is 940 g/mol. The van der Waals surface area contributed by atoms with Gasteiger partial charge in [-0.25, -0.2) is 4.98 Å². The van der Waals surface area contributed by atoms with Crippen LogP contribution < -0.4 is 48.7 Å². The number of carboxylic acids is 1. The van der Waals surface area contributed by atoms with Crippen LogP contribution in [0, 0.1) is 11.8 Å². The minimum Gasteiger partial charge on any atom is -0.481 e. The van der Waals surface area contributed by atoms with E-state index >= 15 is 0 Å². The van der Waals surface area contributed by atoms with E-state index in [9.17, 15) is 48.3 Å². The van der Waals surface area contributed by atoms with Crippen LogP contribution in [0.25, 0.3) is 10.9 Å². The molecule has 8 amide bonds. The van der Waals surface area contributed by atoms with Crippen LogP contribution in [0.5, 0.6) is 0 Å². The highest BCUT2D eigenvalue weighted by Gasteiger charge is 2.34. The molecule has 8 atom stereocenters. The summed E-state index contributed by atoms with van der Waals surface area (Å²) in [5, 5.41) is 28.9. The number of nitrogens with two attached hydrogens (primary N) is 2. The smallest absolute Gasteiger partial charge is 0.303 e. The molecule has 384 valence electrons. The molecular formula is C48H65ClN12O10. The van der Waals surface area contributed by atoms with Gasteiger partial charge in [0.1, 0.15) is 42.3 Å². The van der Waals surface area contributed by atoms with Crippen molar-refractivity contribution in [2.75, 3.05) is 0 Å². The molecule has 0 saturated carbocycles. The second-order valence-corrected chi connectivity index (χ2v) is 18.6. The van der Waals surface area contributed by atoms with Crippen molar-refractivity contribution >= 4 is 75.7 Å². The number of halogens is 1. The second-order valence-electron chi connectivity index (χ2n) is 18.2. The van der Waals surface area contributed by atoms with Crippen LogP contribution in [-0.4, -0.2) is 122 Å². The third kappa shape index (κ3) is 17.5. The zero-order valence-corrected chi connectivity index (χ0v) is 41.2. The van der Waals surface area contributed by atoms with Crippen LogP contribution in [0.1, 0.15) is 77.6 Å². The number of carbonyl (C=O) groups is 9. The number of hydrogen-bond acceptors (Lipinski definition) is 11. The summed E-state index contributed by atoms with van der Waals surface area (Å²) in [4.78, 5) is 129. The number of carbonyl (C=O) groups excluding carboxylic acids is 8. The molecule has 23 heteroatoms. The molecule has 2 aromatic heterocycles. The van der Waals surface area contributed by atoms with Crippen LogP contribution >= 0.6 is 11.6 Å². The van der Waals surface area contributed by atoms with Gasteiger partial charge in [0.15, 0.2) is 0 Å². The van der Waals surface area contributed by atoms with E-state index in [0.29, 0.717) is 21.8 Å². The van der Waals surface area contributed by atoms with E-state index in [1.807, 2.05) is 19.9 Å². The second kappa shape index (κ2) is 26.6. The van der Waals surface area contributed by atoms with Crippen LogP contribution in [0.2, 0.25) is 5.02 Å². The zero-order chi connectivity index (χ0) is 52.5. The van der Waals surface area contributed by atoms with Gasteiger partial charge in [0, 0.05) is 53.3 Å². The molecule has 0 saturated heterocycles. The first-order valence-electron chi connectivity index (χ1n) is 23.2. The highest BCUT2D eigenvalue weighted by atomic mass is 35.5. The first-order valence-corrected chi connectivity index (χ1v) is 23.6. The maximum absolute atomic E-state index is 14.1. The summed E-state index contributed by atoms with van der Waals surface area (Å²) in [6, 6.07) is 3.86. The summed E-state index contributed by atoms with van der Waals surface area (Å²) in [5.74, 6) is -8.02. The number of fused-ring (bicyclic) bond motifs is 1. The molecule has 0 aliphatic heterocycles. The van der Waals surface area contributed by atoms with Gasteiger partial charge < -0.3 is 63.8 Å². The Hall–Kier alpha value is -7.33. The van der Waals surface area contributed by atoms with Gasteiger partial charge in [-0.2, -0.15) is 0 Å². The Balaban J connectivity index is 1.47. The van der Waals surface area contributed by atoms with Crippen LogP contribution in [0.15, 0.2) is 67.3 Å². The Morgan fingerprint density at radius 2 is 1.21 bits per heavy atom. The quantitative estimate of drug-likeness (QED) is 0.0386. The molecule has 0 unspecified atom stereocenters. The summed E-state index contributed by atoms with van der Waals surface area (Å²) < 4.78 is 0. The fourth-order valence-corrected chi connectivity index (χ4v) is 7.58. The highest BCUT2D eigenvalue weighted by Crippen LogP contribution is 2.20. The molecule has 0 bridgehead atoms. The SMILES string of the molecule is CC(C)C[C@H](NC(=O)[C@H](Cc1cnc[nH]1)NC(=O)[C@@H](C)NC(=O)[C@@H](NC(=O)[C@H](C)NC(=O)[C@H](Cc1c[nH]c2ccccc12)NC(=O)[C@H](CCC(=O)O)NC(=O)[C@H](N)Cc1ccc(Cl)cc1)C(C)C)C(N)=O. The van der Waals surface area contributed by atoms with Crippen molar-refractivity contribution in [3.05, 3.63) is 89.1 Å². The maximum Gasteiger partial charge on any atom is 0.303 e. The largest absolute Gasteiger partial charge is 0.481 e. The van der Waals surface area contributed by atoms with Gasteiger partial charge in [0.05, 0.1) is 12.4 Å². The normalized spacial score (nSPS) is 14.7. The van der Waals surface area contributed by atoms with Gasteiger partial charge in [-0.05, 0) is 74.3 Å². The number of amides is 8. The predicted molar refractivity (Wildman–Crippen MR) is 263 cm³/mol. The average Bonchev–Trinajstić information content (AvgIpc) is 3.98. The zero-order valence-electron chi connectivity index (χ0n) is 40.5. The van der Waals surface area contributed by atoms with Crippen molar-refractivity contribution in [3.8, 4) is 0 Å². The van der Waals surface area contributed by atoms with E-state index in [1.54, 1.807) is 62.5 Å². The van der Waals surface area contributed by atoms with Gasteiger partial charge in [0.25, 0.3) is 0 Å². The third-order valence-electron chi connectivity index (χ3n) is 11.4. The van der Waals surface area contributed by atoms with Crippen molar-refractivity contribution in [3.63, 3.8) is 0 Å². The van der Waals surface area contributed by atoms with E-state index in [1.165, 1.54) is 26.4 Å². The highest BCUT2D eigenvalue weighted by molar-refractivity contribution is 6.30. The molecule has 4 rings (SSSR count). The van der Waals surface area contributed by atoms with Crippen LogP contribution in [-0.2, 0) is 62.4 Å². The number of hydrogen-bond donors (Lipinski definition) is 12. The Morgan fingerprint density at radius 3 is 1.82 bits per heavy atom. The topological polar surface area (TPSA) is 355 Å². The number of para-hydroxylation sites is 1. The third-order valence-corrected chi connectivity index (χ3v) is 11.7. The number of aliphatic carboxylic acids is 1. The molecule has 14 N–H and O–H groups in total. The summed E-state index contributed by atoms with van der Waals surface area (Å²) in [5.41, 5.74) is 14.2. The molecule has 71 heavy (non-hydrogen) atoms. The Bertz CT molecular complexity index is 2500. The molecule has 22 nitrogen and oxygen atoms in total. The average molecular weight is 1010 g/mol. The van der Waals surface area contributed by atoms with Gasteiger partial charge in [0.2, 0.25) is 47.3 Å². The first kappa shape index (κ1) is 56.3. The summed E-state index contributed by atoms with van der Waals surface area (Å²) in [6.07, 6.45) is 3.81. The summed E-state index contributed by atoms with van der Waals surface area (Å²) in [7, 11) is 0. The lowest BCUT2D eigenvalue weighted by Crippen LogP contribution is -2.60. The minimum atomic E-state index is -1.44. The number of rotatable bonds is 27. The predicted octanol–water partition coefficient (Wildman–Crippen LogP) is 0.385. The fraction of sp³-hybridized carbons (Fsp3) is 0.458. The number of H-pyrrole nitrogens is 2. The molecule has 0 aliphatic carbocycles. The number of benzene rings is 2. The van der Waals surface area contributed by atoms with Crippen molar-refractivity contribution in [1.82, 2.24) is 52.2 Å². The maximum atomic E-state index is 14.1. The van der Waals surface area contributed by atoms with Crippen molar-refractivity contribution in [2.24, 2.45) is 23.3 Å². The molecule has 0 aliphatic rings. The number of primary amides is 1. The molecule has 0 spiro atoms.